The molecule has 1 N–H and O–H groups in total. The van der Waals surface area contributed by atoms with Crippen molar-refractivity contribution < 1.29 is 22.3 Å². The first-order valence-electron chi connectivity index (χ1n) is 10.3. The van der Waals surface area contributed by atoms with Gasteiger partial charge in [0.1, 0.15) is 17.3 Å². The minimum absolute atomic E-state index is 0.121. The Kier molecular flexibility index (Phi) is 6.38. The fraction of sp³-hybridized carbons (Fsp3) is 0.333. The quantitative estimate of drug-likeness (QED) is 0.581. The molecule has 174 valence electrons. The average Bonchev–Trinajstić information content (AvgIpc) is 3.26. The third kappa shape index (κ3) is 4.71. The van der Waals surface area contributed by atoms with E-state index in [2.05, 4.69) is 20.8 Å². The molecular weight excluding hydrogens is 451 g/mol. The summed E-state index contributed by atoms with van der Waals surface area (Å²) in [6.07, 6.45) is 0.753. The Bertz CT molecular complexity index is 1250. The lowest BCUT2D eigenvalue weighted by atomic mass is 9.97. The van der Waals surface area contributed by atoms with Crippen LogP contribution in [0.25, 0.3) is 5.69 Å². The van der Waals surface area contributed by atoms with Gasteiger partial charge >= 0.3 is 0 Å². The van der Waals surface area contributed by atoms with Crippen LogP contribution in [0.1, 0.15) is 18.7 Å². The van der Waals surface area contributed by atoms with E-state index in [0.29, 0.717) is 30.1 Å². The molecule has 2 aromatic carbocycles. The summed E-state index contributed by atoms with van der Waals surface area (Å²) in [7, 11) is -2.14. The zero-order valence-electron chi connectivity index (χ0n) is 18.1. The second-order valence-corrected chi connectivity index (χ2v) is 9.59. The molecule has 4 rings (SSSR count). The van der Waals surface area contributed by atoms with Gasteiger partial charge in [-0.25, -0.2) is 12.8 Å². The number of tetrazole rings is 1. The second kappa shape index (κ2) is 9.24. The third-order valence-corrected chi connectivity index (χ3v) is 7.50. The summed E-state index contributed by atoms with van der Waals surface area (Å²) >= 11 is 0. The van der Waals surface area contributed by atoms with Crippen molar-refractivity contribution in [3.05, 3.63) is 54.1 Å². The minimum Gasteiger partial charge on any atom is -0.497 e. The zero-order chi connectivity index (χ0) is 23.6. The topological polar surface area (TPSA) is 119 Å². The molecule has 1 aromatic heterocycles. The number of piperidine rings is 1. The van der Waals surface area contributed by atoms with E-state index < -0.39 is 15.8 Å². The molecule has 1 aliphatic heterocycles. The Balaban J connectivity index is 1.40. The van der Waals surface area contributed by atoms with Crippen LogP contribution < -0.4 is 10.1 Å². The number of sulfonamides is 1. The summed E-state index contributed by atoms with van der Waals surface area (Å²) in [5.41, 5.74) is 0.523. The number of aromatic nitrogens is 4. The number of rotatable bonds is 6. The van der Waals surface area contributed by atoms with Crippen molar-refractivity contribution in [2.24, 2.45) is 5.92 Å². The van der Waals surface area contributed by atoms with Crippen LogP contribution in [0, 0.1) is 18.7 Å². The van der Waals surface area contributed by atoms with Gasteiger partial charge in [-0.1, -0.05) is 0 Å². The summed E-state index contributed by atoms with van der Waals surface area (Å²) < 4.78 is 47.7. The molecular formula is C21H23FN6O4S. The molecule has 0 aliphatic carbocycles. The molecule has 1 saturated heterocycles. The van der Waals surface area contributed by atoms with Gasteiger partial charge in [0.05, 0.1) is 12.0 Å². The van der Waals surface area contributed by atoms with Crippen molar-refractivity contribution in [2.45, 2.75) is 24.7 Å². The van der Waals surface area contributed by atoms with Crippen molar-refractivity contribution in [1.82, 2.24) is 24.5 Å². The van der Waals surface area contributed by atoms with E-state index in [-0.39, 0.29) is 35.5 Å². The molecule has 0 bridgehead atoms. The van der Waals surface area contributed by atoms with Crippen LogP contribution >= 0.6 is 0 Å². The minimum atomic E-state index is -3.65. The SMILES string of the molecule is COc1ccc(S(=O)(=O)N2CCC(C(=O)Nc3ccc(F)c(-n4nnnc4C)c3)CC2)cc1. The van der Waals surface area contributed by atoms with Crippen LogP contribution in [-0.2, 0) is 14.8 Å². The van der Waals surface area contributed by atoms with Gasteiger partial charge in [0.15, 0.2) is 5.82 Å². The highest BCUT2D eigenvalue weighted by Crippen LogP contribution is 2.26. The molecule has 1 aliphatic rings. The Morgan fingerprint density at radius 3 is 2.45 bits per heavy atom. The van der Waals surface area contributed by atoms with Gasteiger partial charge in [-0.05, 0) is 72.7 Å². The molecule has 0 atom stereocenters. The molecule has 1 fully saturated rings. The first-order chi connectivity index (χ1) is 15.8. The number of hydrogen-bond acceptors (Lipinski definition) is 7. The number of amides is 1. The van der Waals surface area contributed by atoms with Gasteiger partial charge < -0.3 is 10.1 Å². The predicted molar refractivity (Wildman–Crippen MR) is 117 cm³/mol. The fourth-order valence-electron chi connectivity index (χ4n) is 3.71. The van der Waals surface area contributed by atoms with Gasteiger partial charge in [-0.3, -0.25) is 4.79 Å². The van der Waals surface area contributed by atoms with Crippen LogP contribution in [0.15, 0.2) is 47.4 Å². The second-order valence-electron chi connectivity index (χ2n) is 7.65. The lowest BCUT2D eigenvalue weighted by molar-refractivity contribution is -0.120. The normalized spacial score (nSPS) is 15.4. The van der Waals surface area contributed by atoms with E-state index in [9.17, 15) is 17.6 Å². The van der Waals surface area contributed by atoms with Crippen LogP contribution in [-0.4, -0.2) is 59.0 Å². The fourth-order valence-corrected chi connectivity index (χ4v) is 5.18. The van der Waals surface area contributed by atoms with E-state index in [0.717, 1.165) is 0 Å². The van der Waals surface area contributed by atoms with Crippen molar-refractivity contribution >= 4 is 21.6 Å². The number of aryl methyl sites for hydroxylation is 1. The highest BCUT2D eigenvalue weighted by molar-refractivity contribution is 7.89. The Labute approximate surface area is 190 Å². The maximum Gasteiger partial charge on any atom is 0.243 e. The van der Waals surface area contributed by atoms with E-state index >= 15 is 0 Å². The van der Waals surface area contributed by atoms with Crippen LogP contribution in [0.3, 0.4) is 0 Å². The number of anilines is 1. The molecule has 0 spiro atoms. The number of ether oxygens (including phenoxy) is 1. The maximum atomic E-state index is 14.2. The van der Waals surface area contributed by atoms with Gasteiger partial charge in [0.25, 0.3) is 0 Å². The zero-order valence-corrected chi connectivity index (χ0v) is 18.9. The van der Waals surface area contributed by atoms with Crippen molar-refractivity contribution in [2.75, 3.05) is 25.5 Å². The molecule has 0 radical (unpaired) electrons. The lowest BCUT2D eigenvalue weighted by Gasteiger charge is -2.30. The van der Waals surface area contributed by atoms with E-state index in [1.165, 1.54) is 46.4 Å². The lowest BCUT2D eigenvalue weighted by Crippen LogP contribution is -2.41. The van der Waals surface area contributed by atoms with Gasteiger partial charge in [-0.15, -0.1) is 5.10 Å². The maximum absolute atomic E-state index is 14.2. The predicted octanol–water partition coefficient (Wildman–Crippen LogP) is 2.16. The molecule has 1 amide bonds. The van der Waals surface area contributed by atoms with Gasteiger partial charge in [0.2, 0.25) is 15.9 Å². The average molecular weight is 475 g/mol. The molecule has 33 heavy (non-hydrogen) atoms. The van der Waals surface area contributed by atoms with Crippen molar-refractivity contribution in [3.8, 4) is 11.4 Å². The standard InChI is InChI=1S/C21H23FN6O4S/c1-14-24-25-26-28(14)20-13-16(3-8-19(20)22)23-21(29)15-9-11-27(12-10-15)33(30,31)18-6-4-17(32-2)5-7-18/h3-8,13,15H,9-12H2,1-2H3,(H,23,29). The third-order valence-electron chi connectivity index (χ3n) is 5.59. The smallest absolute Gasteiger partial charge is 0.243 e. The monoisotopic (exact) mass is 474 g/mol. The number of carbonyl (C=O) groups is 1. The van der Waals surface area contributed by atoms with Crippen molar-refractivity contribution in [1.29, 1.82) is 0 Å². The molecule has 2 heterocycles. The summed E-state index contributed by atoms with van der Waals surface area (Å²) in [5, 5.41) is 13.8. The molecule has 0 unspecified atom stereocenters. The summed E-state index contributed by atoms with van der Waals surface area (Å²) in [4.78, 5) is 13.0. The van der Waals surface area contributed by atoms with E-state index in [4.69, 9.17) is 4.74 Å². The highest BCUT2D eigenvalue weighted by atomic mass is 32.2. The summed E-state index contributed by atoms with van der Waals surface area (Å²) in [6, 6.07) is 10.4. The van der Waals surface area contributed by atoms with Gasteiger partial charge in [0, 0.05) is 24.7 Å². The number of halogens is 1. The number of carbonyl (C=O) groups excluding carboxylic acids is 1. The highest BCUT2D eigenvalue weighted by Gasteiger charge is 2.32. The summed E-state index contributed by atoms with van der Waals surface area (Å²) in [6.45, 7) is 2.09. The first kappa shape index (κ1) is 22.8. The molecule has 3 aromatic rings. The number of nitrogens with zero attached hydrogens (tertiary/aromatic N) is 5. The largest absolute Gasteiger partial charge is 0.497 e. The van der Waals surface area contributed by atoms with E-state index in [1.807, 2.05) is 0 Å². The Morgan fingerprint density at radius 1 is 1.15 bits per heavy atom. The van der Waals surface area contributed by atoms with Crippen LogP contribution in [0.2, 0.25) is 0 Å². The molecule has 10 nitrogen and oxygen atoms in total. The van der Waals surface area contributed by atoms with Crippen LogP contribution in [0.4, 0.5) is 10.1 Å². The first-order valence-corrected chi connectivity index (χ1v) is 11.7. The summed E-state index contributed by atoms with van der Waals surface area (Å²) in [5.74, 6) is -0.162. The number of benzene rings is 2. The van der Waals surface area contributed by atoms with Crippen molar-refractivity contribution in [3.63, 3.8) is 0 Å². The number of methoxy groups -OCH3 is 1. The Morgan fingerprint density at radius 2 is 1.85 bits per heavy atom. The van der Waals surface area contributed by atoms with Crippen LogP contribution in [0.5, 0.6) is 5.75 Å². The van der Waals surface area contributed by atoms with E-state index in [1.54, 1.807) is 19.1 Å². The molecule has 12 heteroatoms. The molecule has 0 saturated carbocycles. The number of hydrogen-bond donors (Lipinski definition) is 1. The Hall–Kier alpha value is -3.38. The van der Waals surface area contributed by atoms with Gasteiger partial charge in [-0.2, -0.15) is 8.99 Å². The number of nitrogens with one attached hydrogen (secondary N) is 1.